The van der Waals surface area contributed by atoms with Crippen molar-refractivity contribution in [3.05, 3.63) is 54.7 Å². The van der Waals surface area contributed by atoms with Gasteiger partial charge in [-0.3, -0.25) is 4.79 Å². The van der Waals surface area contributed by atoms with Crippen LogP contribution in [-0.4, -0.2) is 52.9 Å². The van der Waals surface area contributed by atoms with Crippen LogP contribution in [0.5, 0.6) is 17.4 Å². The molecule has 0 aliphatic carbocycles. The number of carbonyl (C=O) groups is 1. The molecule has 7 nitrogen and oxygen atoms in total. The maximum Gasteiger partial charge on any atom is 0.267 e. The summed E-state index contributed by atoms with van der Waals surface area (Å²) in [5.41, 5.74) is 0. The number of piperidine rings is 1. The number of aromatic nitrogens is 2. The van der Waals surface area contributed by atoms with Crippen LogP contribution in [0.2, 0.25) is 0 Å². The van der Waals surface area contributed by atoms with Gasteiger partial charge in [-0.1, -0.05) is 30.3 Å². The number of fused-ring (bicyclic) bond motifs is 2. The van der Waals surface area contributed by atoms with Crippen molar-refractivity contribution in [1.82, 2.24) is 15.1 Å². The Morgan fingerprint density at radius 2 is 1.79 bits per heavy atom. The molecule has 1 aromatic heterocycles. The Morgan fingerprint density at radius 3 is 2.66 bits per heavy atom. The summed E-state index contributed by atoms with van der Waals surface area (Å²) in [7, 11) is 0. The monoisotopic (exact) mass is 391 g/mol. The van der Waals surface area contributed by atoms with Gasteiger partial charge in [-0.2, -0.15) is 5.10 Å². The van der Waals surface area contributed by atoms with Gasteiger partial charge in [0.25, 0.3) is 5.91 Å². The molecule has 1 fully saturated rings. The third kappa shape index (κ3) is 3.55. The van der Waals surface area contributed by atoms with Gasteiger partial charge in [0, 0.05) is 36.7 Å². The summed E-state index contributed by atoms with van der Waals surface area (Å²) in [5, 5.41) is 10.1. The van der Waals surface area contributed by atoms with Gasteiger partial charge in [-0.05, 0) is 18.2 Å². The number of hydrogen-bond acceptors (Lipinski definition) is 6. The van der Waals surface area contributed by atoms with Crippen molar-refractivity contribution in [2.45, 2.75) is 25.0 Å². The summed E-state index contributed by atoms with van der Waals surface area (Å²) < 4.78 is 17.6. The first kappa shape index (κ1) is 17.7. The van der Waals surface area contributed by atoms with Crippen molar-refractivity contribution in [1.29, 1.82) is 0 Å². The Balaban J connectivity index is 1.20. The van der Waals surface area contributed by atoms with Crippen LogP contribution in [0.25, 0.3) is 10.8 Å². The van der Waals surface area contributed by atoms with Crippen molar-refractivity contribution in [2.75, 3.05) is 19.7 Å². The average Bonchev–Trinajstić information content (AvgIpc) is 2.79. The zero-order valence-electron chi connectivity index (χ0n) is 15.9. The van der Waals surface area contributed by atoms with E-state index in [1.807, 2.05) is 53.4 Å². The Hall–Kier alpha value is -3.35. The summed E-state index contributed by atoms with van der Waals surface area (Å²) in [6.45, 7) is 1.46. The molecule has 0 radical (unpaired) electrons. The first-order valence-corrected chi connectivity index (χ1v) is 9.82. The number of ether oxygens (including phenoxy) is 3. The molecular formula is C22H21N3O4. The summed E-state index contributed by atoms with van der Waals surface area (Å²) in [5.74, 6) is 1.81. The molecule has 1 unspecified atom stereocenters. The Labute approximate surface area is 168 Å². The highest BCUT2D eigenvalue weighted by Gasteiger charge is 2.33. The standard InChI is InChI=1S/C22H21N3O4/c26-22(20-14-27-18-7-3-4-8-19(18)29-20)25-11-9-16(10-12-25)28-21-17-6-2-1-5-15(17)13-23-24-21/h1-8,13,16,20H,9-12,14H2. The molecule has 2 aromatic carbocycles. The maximum absolute atomic E-state index is 12.9. The maximum atomic E-state index is 12.9. The molecule has 0 bridgehead atoms. The van der Waals surface area contributed by atoms with Gasteiger partial charge in [0.05, 0.1) is 6.20 Å². The second-order valence-corrected chi connectivity index (χ2v) is 7.24. The molecule has 148 valence electrons. The highest BCUT2D eigenvalue weighted by atomic mass is 16.6. The summed E-state index contributed by atoms with van der Waals surface area (Å²) in [6, 6.07) is 15.3. The SMILES string of the molecule is O=C(C1COc2ccccc2O1)N1CCC(Oc2nncc3ccccc23)CC1. The molecule has 3 aromatic rings. The number of amides is 1. The predicted molar refractivity (Wildman–Crippen MR) is 106 cm³/mol. The number of carbonyl (C=O) groups excluding carboxylic acids is 1. The lowest BCUT2D eigenvalue weighted by Gasteiger charge is -2.35. The second-order valence-electron chi connectivity index (χ2n) is 7.24. The zero-order chi connectivity index (χ0) is 19.6. The van der Waals surface area contributed by atoms with Gasteiger partial charge in [-0.25, -0.2) is 0 Å². The topological polar surface area (TPSA) is 73.8 Å². The van der Waals surface area contributed by atoms with Crippen LogP contribution in [0, 0.1) is 0 Å². The first-order valence-electron chi connectivity index (χ1n) is 9.82. The third-order valence-electron chi connectivity index (χ3n) is 5.35. The smallest absolute Gasteiger partial charge is 0.267 e. The first-order chi connectivity index (χ1) is 14.3. The van der Waals surface area contributed by atoms with E-state index in [0.717, 1.165) is 23.6 Å². The van der Waals surface area contributed by atoms with Crippen molar-refractivity contribution in [2.24, 2.45) is 0 Å². The molecule has 1 atom stereocenters. The minimum atomic E-state index is -0.605. The molecule has 0 N–H and O–H groups in total. The Kier molecular flexibility index (Phi) is 4.63. The number of likely N-dealkylation sites (tertiary alicyclic amines) is 1. The van der Waals surface area contributed by atoms with Gasteiger partial charge < -0.3 is 19.1 Å². The van der Waals surface area contributed by atoms with E-state index in [9.17, 15) is 4.79 Å². The van der Waals surface area contributed by atoms with E-state index >= 15 is 0 Å². The van der Waals surface area contributed by atoms with Crippen LogP contribution in [0.4, 0.5) is 0 Å². The lowest BCUT2D eigenvalue weighted by Crippen LogP contribution is -2.50. The molecule has 3 heterocycles. The molecule has 29 heavy (non-hydrogen) atoms. The molecule has 1 amide bonds. The number of nitrogens with zero attached hydrogens (tertiary/aromatic N) is 3. The van der Waals surface area contributed by atoms with Crippen molar-refractivity contribution >= 4 is 16.7 Å². The average molecular weight is 391 g/mol. The normalized spacial score (nSPS) is 19.2. The Morgan fingerprint density at radius 1 is 1.03 bits per heavy atom. The van der Waals surface area contributed by atoms with E-state index in [4.69, 9.17) is 14.2 Å². The van der Waals surface area contributed by atoms with Crippen molar-refractivity contribution in [3.8, 4) is 17.4 Å². The minimum absolute atomic E-state index is 0.00315. The van der Waals surface area contributed by atoms with Gasteiger partial charge in [-0.15, -0.1) is 5.10 Å². The van der Waals surface area contributed by atoms with E-state index in [2.05, 4.69) is 10.2 Å². The molecule has 7 heteroatoms. The molecular weight excluding hydrogens is 370 g/mol. The molecule has 1 saturated heterocycles. The van der Waals surface area contributed by atoms with Crippen LogP contribution in [0.1, 0.15) is 12.8 Å². The highest BCUT2D eigenvalue weighted by molar-refractivity contribution is 5.85. The van der Waals surface area contributed by atoms with E-state index in [0.29, 0.717) is 30.5 Å². The van der Waals surface area contributed by atoms with Crippen LogP contribution in [-0.2, 0) is 4.79 Å². The lowest BCUT2D eigenvalue weighted by molar-refractivity contribution is -0.143. The van der Waals surface area contributed by atoms with Crippen LogP contribution in [0.3, 0.4) is 0 Å². The number of rotatable bonds is 3. The van der Waals surface area contributed by atoms with Crippen LogP contribution >= 0.6 is 0 Å². The second kappa shape index (κ2) is 7.58. The summed E-state index contributed by atoms with van der Waals surface area (Å²) >= 11 is 0. The number of benzene rings is 2. The van der Waals surface area contributed by atoms with Crippen LogP contribution in [0.15, 0.2) is 54.7 Å². The quantitative estimate of drug-likeness (QED) is 0.684. The van der Waals surface area contributed by atoms with E-state index in [1.54, 1.807) is 6.20 Å². The number of para-hydroxylation sites is 2. The minimum Gasteiger partial charge on any atom is -0.485 e. The third-order valence-corrected chi connectivity index (χ3v) is 5.35. The van der Waals surface area contributed by atoms with Gasteiger partial charge in [0.2, 0.25) is 12.0 Å². The highest BCUT2D eigenvalue weighted by Crippen LogP contribution is 2.32. The van der Waals surface area contributed by atoms with E-state index < -0.39 is 6.10 Å². The largest absolute Gasteiger partial charge is 0.485 e. The van der Waals surface area contributed by atoms with E-state index in [-0.39, 0.29) is 18.6 Å². The Bertz CT molecular complexity index is 1030. The van der Waals surface area contributed by atoms with Gasteiger partial charge >= 0.3 is 0 Å². The summed E-state index contributed by atoms with van der Waals surface area (Å²) in [4.78, 5) is 14.7. The van der Waals surface area contributed by atoms with Crippen molar-refractivity contribution < 1.29 is 19.0 Å². The van der Waals surface area contributed by atoms with E-state index in [1.165, 1.54) is 0 Å². The van der Waals surface area contributed by atoms with Gasteiger partial charge in [0.15, 0.2) is 11.5 Å². The molecule has 2 aliphatic heterocycles. The predicted octanol–water partition coefficient (Wildman–Crippen LogP) is 2.84. The van der Waals surface area contributed by atoms with Crippen LogP contribution < -0.4 is 14.2 Å². The molecule has 5 rings (SSSR count). The fraction of sp³-hybridized carbons (Fsp3) is 0.318. The summed E-state index contributed by atoms with van der Waals surface area (Å²) in [6.07, 6.45) is 2.60. The lowest BCUT2D eigenvalue weighted by atomic mass is 10.1. The fourth-order valence-electron chi connectivity index (χ4n) is 3.79. The molecule has 0 saturated carbocycles. The zero-order valence-corrected chi connectivity index (χ0v) is 15.9. The number of hydrogen-bond donors (Lipinski definition) is 0. The molecule has 2 aliphatic rings. The molecule has 0 spiro atoms. The van der Waals surface area contributed by atoms with Gasteiger partial charge in [0.1, 0.15) is 12.7 Å². The fourth-order valence-corrected chi connectivity index (χ4v) is 3.79. The van der Waals surface area contributed by atoms with Crippen molar-refractivity contribution in [3.63, 3.8) is 0 Å².